The molecule has 1 saturated heterocycles. The molecule has 7 nitrogen and oxygen atoms in total. The highest BCUT2D eigenvalue weighted by atomic mass is 16.4. The van der Waals surface area contributed by atoms with Gasteiger partial charge in [-0.3, -0.25) is 4.79 Å². The molecule has 0 spiro atoms. The first-order chi connectivity index (χ1) is 9.49. The van der Waals surface area contributed by atoms with E-state index in [1.54, 1.807) is 11.8 Å². The Labute approximate surface area is 117 Å². The molecule has 7 heteroatoms. The van der Waals surface area contributed by atoms with Crippen LogP contribution in [-0.2, 0) is 4.79 Å². The standard InChI is InChI=1S/C13H18N4O3/c1-9(18)16-3-2-4-17(6-5-16)12-11(14)7-10(8-15-12)13(19)20/h7-8H,2-6,14H2,1H3,(H,19,20). The van der Waals surface area contributed by atoms with Crippen molar-refractivity contribution < 1.29 is 14.7 Å². The molecule has 0 bridgehead atoms. The average Bonchev–Trinajstić information content (AvgIpc) is 2.64. The lowest BCUT2D eigenvalue weighted by Crippen LogP contribution is -2.34. The third-order valence-corrected chi connectivity index (χ3v) is 3.38. The van der Waals surface area contributed by atoms with Gasteiger partial charge in [-0.05, 0) is 12.5 Å². The number of nitrogens with two attached hydrogens (primary N) is 1. The largest absolute Gasteiger partial charge is 0.478 e. The summed E-state index contributed by atoms with van der Waals surface area (Å²) in [5.41, 5.74) is 6.31. The number of hydrogen-bond donors (Lipinski definition) is 2. The molecule has 1 fully saturated rings. The number of pyridine rings is 1. The fourth-order valence-electron chi connectivity index (χ4n) is 2.30. The minimum atomic E-state index is -1.05. The van der Waals surface area contributed by atoms with Crippen LogP contribution in [0.1, 0.15) is 23.7 Å². The number of nitrogen functional groups attached to an aromatic ring is 1. The molecule has 0 saturated carbocycles. The summed E-state index contributed by atoms with van der Waals surface area (Å²) in [6.45, 7) is 4.29. The highest BCUT2D eigenvalue weighted by Gasteiger charge is 2.19. The number of carboxylic acid groups (broad SMARTS) is 1. The molecule has 0 atom stereocenters. The third-order valence-electron chi connectivity index (χ3n) is 3.38. The number of aromatic carboxylic acids is 1. The van der Waals surface area contributed by atoms with Crippen LogP contribution in [0.25, 0.3) is 0 Å². The van der Waals surface area contributed by atoms with Crippen molar-refractivity contribution in [2.24, 2.45) is 0 Å². The summed E-state index contributed by atoms with van der Waals surface area (Å²) in [7, 11) is 0. The number of amides is 1. The summed E-state index contributed by atoms with van der Waals surface area (Å²) in [6, 6.07) is 1.41. The van der Waals surface area contributed by atoms with Crippen molar-refractivity contribution in [1.29, 1.82) is 0 Å². The van der Waals surface area contributed by atoms with Crippen LogP contribution in [-0.4, -0.2) is 53.0 Å². The van der Waals surface area contributed by atoms with E-state index in [0.717, 1.165) is 19.5 Å². The molecule has 0 aromatic carbocycles. The zero-order valence-electron chi connectivity index (χ0n) is 11.4. The predicted molar refractivity (Wildman–Crippen MR) is 74.7 cm³/mol. The Morgan fingerprint density at radius 2 is 2.05 bits per heavy atom. The number of carboxylic acids is 1. The van der Waals surface area contributed by atoms with Crippen molar-refractivity contribution in [3.05, 3.63) is 17.8 Å². The Kier molecular flexibility index (Phi) is 4.07. The quantitative estimate of drug-likeness (QED) is 0.813. The molecule has 1 aliphatic heterocycles. The number of rotatable bonds is 2. The van der Waals surface area contributed by atoms with Crippen LogP contribution in [0, 0.1) is 0 Å². The minimum absolute atomic E-state index is 0.0639. The zero-order valence-corrected chi connectivity index (χ0v) is 11.4. The summed E-state index contributed by atoms with van der Waals surface area (Å²) in [5.74, 6) is -0.399. The fraction of sp³-hybridized carbons (Fsp3) is 0.462. The summed E-state index contributed by atoms with van der Waals surface area (Å²) >= 11 is 0. The number of nitrogens with zero attached hydrogens (tertiary/aromatic N) is 3. The van der Waals surface area contributed by atoms with Crippen molar-refractivity contribution in [2.45, 2.75) is 13.3 Å². The Morgan fingerprint density at radius 1 is 1.30 bits per heavy atom. The topological polar surface area (TPSA) is 99.8 Å². The van der Waals surface area contributed by atoms with Crippen molar-refractivity contribution in [3.63, 3.8) is 0 Å². The Hall–Kier alpha value is -2.31. The lowest BCUT2D eigenvalue weighted by Gasteiger charge is -2.23. The molecule has 1 aromatic rings. The van der Waals surface area contributed by atoms with Gasteiger partial charge in [0.25, 0.3) is 0 Å². The van der Waals surface area contributed by atoms with Crippen LogP contribution in [0.5, 0.6) is 0 Å². The molecule has 1 aromatic heterocycles. The van der Waals surface area contributed by atoms with Gasteiger partial charge in [-0.2, -0.15) is 0 Å². The van der Waals surface area contributed by atoms with E-state index in [-0.39, 0.29) is 11.5 Å². The van der Waals surface area contributed by atoms with Crippen molar-refractivity contribution in [1.82, 2.24) is 9.88 Å². The second-order valence-electron chi connectivity index (χ2n) is 4.79. The fourth-order valence-corrected chi connectivity index (χ4v) is 2.30. The van der Waals surface area contributed by atoms with Gasteiger partial charge in [0.15, 0.2) is 5.82 Å². The lowest BCUT2D eigenvalue weighted by atomic mass is 10.2. The highest BCUT2D eigenvalue weighted by molar-refractivity contribution is 5.89. The molecule has 0 radical (unpaired) electrons. The molecular weight excluding hydrogens is 260 g/mol. The van der Waals surface area contributed by atoms with Gasteiger partial charge in [-0.1, -0.05) is 0 Å². The molecule has 1 aliphatic rings. The second-order valence-corrected chi connectivity index (χ2v) is 4.79. The molecule has 0 aliphatic carbocycles. The summed E-state index contributed by atoms with van der Waals surface area (Å²) < 4.78 is 0. The second kappa shape index (κ2) is 5.77. The van der Waals surface area contributed by atoms with Gasteiger partial charge in [0, 0.05) is 39.3 Å². The molecule has 2 heterocycles. The van der Waals surface area contributed by atoms with Crippen molar-refractivity contribution in [3.8, 4) is 0 Å². The lowest BCUT2D eigenvalue weighted by molar-refractivity contribution is -0.128. The van der Waals surface area contributed by atoms with E-state index in [4.69, 9.17) is 10.8 Å². The Morgan fingerprint density at radius 3 is 2.65 bits per heavy atom. The maximum absolute atomic E-state index is 11.4. The molecule has 108 valence electrons. The first kappa shape index (κ1) is 14.1. The van der Waals surface area contributed by atoms with E-state index in [1.165, 1.54) is 12.3 Å². The van der Waals surface area contributed by atoms with E-state index in [1.807, 2.05) is 4.90 Å². The van der Waals surface area contributed by atoms with Gasteiger partial charge in [0.1, 0.15) is 0 Å². The van der Waals surface area contributed by atoms with E-state index >= 15 is 0 Å². The zero-order chi connectivity index (χ0) is 14.7. The normalized spacial score (nSPS) is 15.8. The van der Waals surface area contributed by atoms with Gasteiger partial charge >= 0.3 is 5.97 Å². The van der Waals surface area contributed by atoms with Crippen LogP contribution in [0.2, 0.25) is 0 Å². The maximum atomic E-state index is 11.4. The van der Waals surface area contributed by atoms with E-state index in [0.29, 0.717) is 24.6 Å². The van der Waals surface area contributed by atoms with E-state index < -0.39 is 5.97 Å². The molecule has 20 heavy (non-hydrogen) atoms. The smallest absolute Gasteiger partial charge is 0.337 e. The van der Waals surface area contributed by atoms with Crippen LogP contribution in [0.3, 0.4) is 0 Å². The predicted octanol–water partition coefficient (Wildman–Crippen LogP) is 0.421. The number of anilines is 2. The monoisotopic (exact) mass is 278 g/mol. The summed E-state index contributed by atoms with van der Waals surface area (Å²) in [4.78, 5) is 30.2. The van der Waals surface area contributed by atoms with Gasteiger partial charge in [0.05, 0.1) is 11.3 Å². The van der Waals surface area contributed by atoms with Crippen molar-refractivity contribution in [2.75, 3.05) is 36.8 Å². The molecule has 3 N–H and O–H groups in total. The molecular formula is C13H18N4O3. The Bertz CT molecular complexity index is 532. The first-order valence-corrected chi connectivity index (χ1v) is 6.48. The van der Waals surface area contributed by atoms with E-state index in [2.05, 4.69) is 4.98 Å². The highest BCUT2D eigenvalue weighted by Crippen LogP contribution is 2.22. The molecule has 1 amide bonds. The molecule has 0 unspecified atom stereocenters. The maximum Gasteiger partial charge on any atom is 0.337 e. The van der Waals surface area contributed by atoms with Gasteiger partial charge in [-0.25, -0.2) is 9.78 Å². The summed E-state index contributed by atoms with van der Waals surface area (Å²) in [5, 5.41) is 8.90. The molecule has 2 rings (SSSR count). The van der Waals surface area contributed by atoms with Crippen molar-refractivity contribution >= 4 is 23.4 Å². The van der Waals surface area contributed by atoms with Crippen LogP contribution < -0.4 is 10.6 Å². The number of carbonyl (C=O) groups excluding carboxylic acids is 1. The van der Waals surface area contributed by atoms with E-state index in [9.17, 15) is 9.59 Å². The van der Waals surface area contributed by atoms with Gasteiger partial charge in [-0.15, -0.1) is 0 Å². The first-order valence-electron chi connectivity index (χ1n) is 6.48. The Balaban J connectivity index is 2.15. The van der Waals surface area contributed by atoms with Crippen LogP contribution >= 0.6 is 0 Å². The minimum Gasteiger partial charge on any atom is -0.478 e. The van der Waals surface area contributed by atoms with Gasteiger partial charge < -0.3 is 20.6 Å². The van der Waals surface area contributed by atoms with Crippen LogP contribution in [0.4, 0.5) is 11.5 Å². The van der Waals surface area contributed by atoms with Crippen LogP contribution in [0.15, 0.2) is 12.3 Å². The summed E-state index contributed by atoms with van der Waals surface area (Å²) in [6.07, 6.45) is 2.14. The average molecular weight is 278 g/mol. The number of hydrogen-bond acceptors (Lipinski definition) is 5. The van der Waals surface area contributed by atoms with Gasteiger partial charge in [0.2, 0.25) is 5.91 Å². The number of carbonyl (C=O) groups is 2. The number of aromatic nitrogens is 1. The third kappa shape index (κ3) is 2.98. The SMILES string of the molecule is CC(=O)N1CCCN(c2ncc(C(=O)O)cc2N)CC1.